The van der Waals surface area contributed by atoms with Crippen molar-refractivity contribution in [2.24, 2.45) is 52.3 Å². The van der Waals surface area contributed by atoms with Gasteiger partial charge in [0.2, 0.25) is 0 Å². The number of aliphatic hydroxyl groups is 2. The van der Waals surface area contributed by atoms with E-state index >= 15 is 0 Å². The number of rotatable bonds is 9. The van der Waals surface area contributed by atoms with Crippen molar-refractivity contribution in [3.63, 3.8) is 0 Å². The molecule has 6 heteroatoms. The summed E-state index contributed by atoms with van der Waals surface area (Å²) in [6.07, 6.45) is 9.85. The average molecular weight is 597 g/mol. The molecule has 240 valence electrons. The third-order valence-corrected chi connectivity index (χ3v) is 13.0. The molecule has 4 aliphatic rings. The molecule has 3 fully saturated rings. The Kier molecular flexibility index (Phi) is 9.32. The number of carbonyl (C=O) groups excluding carboxylic acids is 1. The number of aliphatic hydroxyl groups excluding tert-OH is 2. The molecule has 43 heavy (non-hydrogen) atoms. The van der Waals surface area contributed by atoms with Crippen LogP contribution in [0.3, 0.4) is 0 Å². The third-order valence-electron chi connectivity index (χ3n) is 13.0. The minimum absolute atomic E-state index is 0.0172. The molecule has 1 unspecified atom stereocenters. The minimum atomic E-state index is -0.595. The zero-order chi connectivity index (χ0) is 31.3. The van der Waals surface area contributed by atoms with Crippen LogP contribution in [0.25, 0.3) is 0 Å². The molecule has 0 aromatic heterocycles. The van der Waals surface area contributed by atoms with Crippen LogP contribution in [0, 0.1) is 52.3 Å². The topological polar surface area (TPSA) is 96.2 Å². The maximum absolute atomic E-state index is 13.0. The fourth-order valence-electron chi connectivity index (χ4n) is 10.4. The fraction of sp³-hybridized carbons (Fsp3) is 0.757. The summed E-state index contributed by atoms with van der Waals surface area (Å²) in [5.41, 5.74) is 1.53. The molecule has 3 N–H and O–H groups in total. The van der Waals surface area contributed by atoms with Crippen LogP contribution in [0.2, 0.25) is 0 Å². The highest BCUT2D eigenvalue weighted by atomic mass is 16.5. The van der Waals surface area contributed by atoms with E-state index < -0.39 is 12.1 Å². The Bertz CT molecular complexity index is 1190. The maximum atomic E-state index is 13.0. The minimum Gasteiger partial charge on any atom is -0.504 e. The molecule has 0 spiro atoms. The second kappa shape index (κ2) is 12.4. The Morgan fingerprint density at radius 1 is 1.09 bits per heavy atom. The Labute approximate surface area is 259 Å². The van der Waals surface area contributed by atoms with Gasteiger partial charge >= 0.3 is 5.97 Å². The van der Waals surface area contributed by atoms with Crippen LogP contribution in [-0.2, 0) is 4.74 Å². The van der Waals surface area contributed by atoms with Crippen LogP contribution in [0.15, 0.2) is 29.8 Å². The van der Waals surface area contributed by atoms with Crippen molar-refractivity contribution in [2.75, 3.05) is 7.11 Å². The van der Waals surface area contributed by atoms with Gasteiger partial charge in [0, 0.05) is 6.42 Å². The predicted molar refractivity (Wildman–Crippen MR) is 169 cm³/mol. The van der Waals surface area contributed by atoms with E-state index in [0.717, 1.165) is 38.0 Å². The van der Waals surface area contributed by atoms with E-state index in [-0.39, 0.29) is 46.4 Å². The van der Waals surface area contributed by atoms with Crippen LogP contribution >= 0.6 is 0 Å². The summed E-state index contributed by atoms with van der Waals surface area (Å²) in [7, 11) is 1.45. The number of phenols is 1. The molecule has 0 amide bonds. The lowest BCUT2D eigenvalue weighted by atomic mass is 9.46. The summed E-state index contributed by atoms with van der Waals surface area (Å²) >= 11 is 0. The second-order valence-electron chi connectivity index (χ2n) is 15.4. The van der Waals surface area contributed by atoms with Crippen LogP contribution < -0.4 is 4.74 Å². The van der Waals surface area contributed by atoms with Gasteiger partial charge in [-0.2, -0.15) is 0 Å². The van der Waals surface area contributed by atoms with Gasteiger partial charge in [-0.3, -0.25) is 0 Å². The van der Waals surface area contributed by atoms with Gasteiger partial charge in [-0.15, -0.1) is 0 Å². The second-order valence-corrected chi connectivity index (χ2v) is 15.4. The molecule has 6 nitrogen and oxygen atoms in total. The van der Waals surface area contributed by atoms with E-state index in [2.05, 4.69) is 47.6 Å². The van der Waals surface area contributed by atoms with Gasteiger partial charge in [-0.1, -0.05) is 66.0 Å². The van der Waals surface area contributed by atoms with Gasteiger partial charge in [-0.05, 0) is 109 Å². The lowest BCUT2D eigenvalue weighted by Crippen LogP contribution is -2.56. The van der Waals surface area contributed by atoms with Gasteiger partial charge in [0.05, 0.1) is 24.9 Å². The molecule has 11 atom stereocenters. The van der Waals surface area contributed by atoms with Crippen molar-refractivity contribution in [3.8, 4) is 11.5 Å². The van der Waals surface area contributed by atoms with E-state index in [1.165, 1.54) is 44.1 Å². The third kappa shape index (κ3) is 5.76. The standard InChI is InChI=1S/C37H56O6/c1-8-23(21(2)3)10-9-22(4)28-20-31(40)34-33-27(14-16-37(28,34)6)36(5)15-13-26(18-25(36)19-30(33)39)43-35(41)24-11-12-29(38)32(17-24)42-7/h11-12,17,19,21-23,26-28,30-31,33-34,38-40H,8-10,13-16,18,20H2,1-7H3/t22-,23-,26+,27+,28-,30+,31?,33+,34+,36+,37-/m1/s1. The molecule has 3 saturated carbocycles. The van der Waals surface area contributed by atoms with Crippen molar-refractivity contribution in [1.82, 2.24) is 0 Å². The molecular weight excluding hydrogens is 540 g/mol. The molecule has 0 aliphatic heterocycles. The number of aromatic hydroxyl groups is 1. The molecule has 0 bridgehead atoms. The fourth-order valence-corrected chi connectivity index (χ4v) is 10.4. The Hall–Kier alpha value is -2.05. The summed E-state index contributed by atoms with van der Waals surface area (Å²) in [6, 6.07) is 4.50. The number of phenolic OH excluding ortho intramolecular Hbond substituents is 1. The van der Waals surface area contributed by atoms with Gasteiger partial charge in [0.1, 0.15) is 6.10 Å². The molecule has 5 rings (SSSR count). The summed E-state index contributed by atoms with van der Waals surface area (Å²) in [5.74, 6) is 2.79. The first-order chi connectivity index (χ1) is 20.3. The highest BCUT2D eigenvalue weighted by molar-refractivity contribution is 5.90. The quantitative estimate of drug-likeness (QED) is 0.201. The molecule has 0 radical (unpaired) electrons. The number of hydrogen-bond acceptors (Lipinski definition) is 6. The van der Waals surface area contributed by atoms with Gasteiger partial charge < -0.3 is 24.8 Å². The van der Waals surface area contributed by atoms with E-state index in [1.54, 1.807) is 6.07 Å². The zero-order valence-corrected chi connectivity index (χ0v) is 27.5. The lowest BCUT2D eigenvalue weighted by molar-refractivity contribution is -0.118. The van der Waals surface area contributed by atoms with Crippen molar-refractivity contribution in [3.05, 3.63) is 35.4 Å². The Morgan fingerprint density at radius 3 is 2.51 bits per heavy atom. The number of methoxy groups -OCH3 is 1. The van der Waals surface area contributed by atoms with Crippen LogP contribution in [-0.4, -0.2) is 46.7 Å². The summed E-state index contributed by atoms with van der Waals surface area (Å²) in [5, 5.41) is 33.3. The highest BCUT2D eigenvalue weighted by Gasteiger charge is 2.64. The maximum Gasteiger partial charge on any atom is 0.338 e. The van der Waals surface area contributed by atoms with E-state index in [1.807, 2.05) is 0 Å². The molecule has 4 aliphatic carbocycles. The number of hydrogen-bond donors (Lipinski definition) is 3. The number of esters is 1. The zero-order valence-electron chi connectivity index (χ0n) is 27.5. The number of benzene rings is 1. The van der Waals surface area contributed by atoms with Crippen LogP contribution in [0.5, 0.6) is 11.5 Å². The molecular formula is C37H56O6. The summed E-state index contributed by atoms with van der Waals surface area (Å²) < 4.78 is 11.1. The normalized spacial score (nSPS) is 38.4. The summed E-state index contributed by atoms with van der Waals surface area (Å²) in [4.78, 5) is 13.0. The van der Waals surface area contributed by atoms with E-state index in [9.17, 15) is 20.1 Å². The number of fused-ring (bicyclic) bond motifs is 5. The number of ether oxygens (including phenoxy) is 2. The Balaban J connectivity index is 1.31. The number of carbonyl (C=O) groups is 1. The monoisotopic (exact) mass is 596 g/mol. The van der Waals surface area contributed by atoms with Crippen molar-refractivity contribution in [1.29, 1.82) is 0 Å². The molecule has 0 saturated heterocycles. The van der Waals surface area contributed by atoms with Gasteiger partial charge in [0.25, 0.3) is 0 Å². The molecule has 0 heterocycles. The highest BCUT2D eigenvalue weighted by Crippen LogP contribution is 2.67. The van der Waals surface area contributed by atoms with E-state index in [0.29, 0.717) is 35.7 Å². The van der Waals surface area contributed by atoms with Crippen molar-refractivity contribution >= 4 is 5.97 Å². The van der Waals surface area contributed by atoms with Crippen molar-refractivity contribution < 1.29 is 29.6 Å². The molecule has 1 aromatic rings. The van der Waals surface area contributed by atoms with Crippen molar-refractivity contribution in [2.45, 2.75) is 118 Å². The predicted octanol–water partition coefficient (Wildman–Crippen LogP) is 7.55. The SMILES string of the molecule is CC[C@H](CC[C@@H](C)[C@H]1CC(O)[C@H]2[C@@H]3[C@@H](O)C=C4C[C@@H](OC(=O)c5ccc(O)c(OC)c5)CC[C@]4(C)[C@H]3CC[C@]12C)C(C)C. The first kappa shape index (κ1) is 32.3. The van der Waals surface area contributed by atoms with E-state index in [4.69, 9.17) is 9.47 Å². The first-order valence-electron chi connectivity index (χ1n) is 17.0. The summed E-state index contributed by atoms with van der Waals surface area (Å²) in [6.45, 7) is 14.2. The van der Waals surface area contributed by atoms with Crippen LogP contribution in [0.1, 0.15) is 110 Å². The Morgan fingerprint density at radius 2 is 1.84 bits per heavy atom. The molecule has 1 aromatic carbocycles. The lowest BCUT2D eigenvalue weighted by Gasteiger charge is -2.59. The van der Waals surface area contributed by atoms with Crippen LogP contribution in [0.4, 0.5) is 0 Å². The first-order valence-corrected chi connectivity index (χ1v) is 17.0. The largest absolute Gasteiger partial charge is 0.504 e. The smallest absolute Gasteiger partial charge is 0.338 e. The van der Waals surface area contributed by atoms with Gasteiger partial charge in [-0.25, -0.2) is 4.79 Å². The van der Waals surface area contributed by atoms with Gasteiger partial charge in [0.15, 0.2) is 11.5 Å². The average Bonchev–Trinajstić information content (AvgIpc) is 3.24.